The maximum Gasteiger partial charge on any atom is 0.218 e. The summed E-state index contributed by atoms with van der Waals surface area (Å²) in [6, 6.07) is 30.0. The van der Waals surface area contributed by atoms with E-state index in [0.717, 1.165) is 12.8 Å². The van der Waals surface area contributed by atoms with Crippen molar-refractivity contribution in [1.82, 2.24) is 0 Å². The number of rotatable bonds is 9. The van der Waals surface area contributed by atoms with Crippen molar-refractivity contribution in [1.29, 1.82) is 0 Å². The van der Waals surface area contributed by atoms with Gasteiger partial charge < -0.3 is 9.80 Å². The predicted molar refractivity (Wildman–Crippen MR) is 178 cm³/mol. The Morgan fingerprint density at radius 3 is 1.02 bits per heavy atom. The van der Waals surface area contributed by atoms with Crippen molar-refractivity contribution >= 4 is 22.7 Å². The van der Waals surface area contributed by atoms with Crippen LogP contribution in [0.15, 0.2) is 181 Å². The van der Waals surface area contributed by atoms with E-state index in [0.29, 0.717) is 0 Å². The van der Waals surface area contributed by atoms with Gasteiger partial charge in [0, 0.05) is 84.9 Å². The molecule has 4 aliphatic rings. The first kappa shape index (κ1) is 26.4. The van der Waals surface area contributed by atoms with Crippen LogP contribution in [0.1, 0.15) is 12.8 Å². The van der Waals surface area contributed by atoms with E-state index in [9.17, 15) is 0 Å². The van der Waals surface area contributed by atoms with Gasteiger partial charge in [0.1, 0.15) is 0 Å². The van der Waals surface area contributed by atoms with Crippen molar-refractivity contribution < 1.29 is 9.13 Å². The third kappa shape index (κ3) is 3.91. The van der Waals surface area contributed by atoms with Gasteiger partial charge in [0.2, 0.25) is 11.1 Å². The molecular weight excluding hydrogens is 536 g/mol. The van der Waals surface area contributed by atoms with Crippen LogP contribution in [0, 0.1) is 0 Å². The molecule has 2 aromatic heterocycles. The van der Waals surface area contributed by atoms with Gasteiger partial charge in [0.15, 0.2) is 24.8 Å². The first-order valence-corrected chi connectivity index (χ1v) is 15.4. The zero-order valence-electron chi connectivity index (χ0n) is 25.2. The van der Waals surface area contributed by atoms with E-state index in [1.165, 1.54) is 45.0 Å². The summed E-state index contributed by atoms with van der Waals surface area (Å²) >= 11 is 0. The standard InChI is InChI=1S/C40H36N4/c1-41(35-9-5-3-6-10-35)37-21-27-43(28-22-37)39(31-13-14-32(39)16-15-31)25-26-40(33-17-18-34(40)20-19-33)44-29-23-38(24-30-44)42(2)36-11-7-4-8-12-36/h3-24,27-30H,25-26H2,1-2H3/q+2. The Bertz CT molecular complexity index is 1720. The van der Waals surface area contributed by atoms with Crippen molar-refractivity contribution in [2.75, 3.05) is 23.9 Å². The quantitative estimate of drug-likeness (QED) is 0.192. The number of allylic oxidation sites excluding steroid dienone is 12. The van der Waals surface area contributed by atoms with Crippen LogP contribution in [0.2, 0.25) is 0 Å². The monoisotopic (exact) mass is 572 g/mol. The number of para-hydroxylation sites is 2. The minimum absolute atomic E-state index is 0.214. The minimum Gasteiger partial charge on any atom is -0.344 e. The number of aromatic nitrogens is 2. The Labute approximate surface area is 259 Å². The molecule has 0 unspecified atom stereocenters. The van der Waals surface area contributed by atoms with Gasteiger partial charge in [-0.15, -0.1) is 0 Å². The molecule has 8 rings (SSSR count). The third-order valence-corrected chi connectivity index (χ3v) is 10.1. The Morgan fingerprint density at radius 1 is 0.432 bits per heavy atom. The molecule has 0 saturated heterocycles. The molecule has 0 spiro atoms. The summed E-state index contributed by atoms with van der Waals surface area (Å²) in [7, 11) is 4.26. The molecule has 44 heavy (non-hydrogen) atoms. The van der Waals surface area contributed by atoms with Gasteiger partial charge >= 0.3 is 0 Å². The summed E-state index contributed by atoms with van der Waals surface area (Å²) in [5, 5.41) is 0. The zero-order valence-corrected chi connectivity index (χ0v) is 25.2. The van der Waals surface area contributed by atoms with Crippen molar-refractivity contribution in [3.63, 3.8) is 0 Å². The molecule has 0 amide bonds. The van der Waals surface area contributed by atoms with Gasteiger partial charge in [-0.05, 0) is 24.3 Å². The second kappa shape index (κ2) is 10.2. The Balaban J connectivity index is 1.11. The van der Waals surface area contributed by atoms with Crippen LogP contribution in [0.4, 0.5) is 22.7 Å². The van der Waals surface area contributed by atoms with E-state index in [-0.39, 0.29) is 11.1 Å². The summed E-state index contributed by atoms with van der Waals surface area (Å²) in [5.41, 5.74) is 9.73. The second-order valence-electron chi connectivity index (χ2n) is 12.1. The number of fused-ring (bicyclic) bond motifs is 4. The van der Waals surface area contributed by atoms with E-state index in [4.69, 9.17) is 0 Å². The van der Waals surface area contributed by atoms with Crippen LogP contribution in [0.5, 0.6) is 0 Å². The summed E-state index contributed by atoms with van der Waals surface area (Å²) in [6.07, 6.45) is 29.5. The van der Waals surface area contributed by atoms with Crippen molar-refractivity contribution in [3.8, 4) is 0 Å². The lowest BCUT2D eigenvalue weighted by Gasteiger charge is -2.31. The molecule has 2 heterocycles. The van der Waals surface area contributed by atoms with E-state index < -0.39 is 0 Å². The smallest absolute Gasteiger partial charge is 0.218 e. The largest absolute Gasteiger partial charge is 0.344 e. The lowest BCUT2D eigenvalue weighted by Crippen LogP contribution is -2.60. The number of anilines is 4. The van der Waals surface area contributed by atoms with Gasteiger partial charge in [0.05, 0.1) is 11.4 Å². The van der Waals surface area contributed by atoms with E-state index in [2.05, 4.69) is 191 Å². The summed E-state index contributed by atoms with van der Waals surface area (Å²) in [5.74, 6) is 0. The predicted octanol–water partition coefficient (Wildman–Crippen LogP) is 7.54. The molecule has 4 nitrogen and oxygen atoms in total. The molecule has 4 aliphatic carbocycles. The Hall–Kier alpha value is -5.22. The van der Waals surface area contributed by atoms with Gasteiger partial charge in [-0.25, -0.2) is 0 Å². The number of benzene rings is 2. The Morgan fingerprint density at radius 2 is 0.727 bits per heavy atom. The maximum atomic E-state index is 2.43. The van der Waals surface area contributed by atoms with Crippen LogP contribution < -0.4 is 18.9 Å². The molecule has 214 valence electrons. The molecule has 4 bridgehead atoms. The summed E-state index contributed by atoms with van der Waals surface area (Å²) < 4.78 is 4.87. The van der Waals surface area contributed by atoms with Crippen LogP contribution in [0.25, 0.3) is 0 Å². The molecule has 4 heteroatoms. The van der Waals surface area contributed by atoms with Gasteiger partial charge in [-0.1, -0.05) is 85.0 Å². The van der Waals surface area contributed by atoms with Crippen LogP contribution in [-0.4, -0.2) is 14.1 Å². The average molecular weight is 573 g/mol. The van der Waals surface area contributed by atoms with Crippen LogP contribution in [0.3, 0.4) is 0 Å². The molecule has 0 fully saturated rings. The highest BCUT2D eigenvalue weighted by Crippen LogP contribution is 2.50. The lowest BCUT2D eigenvalue weighted by molar-refractivity contribution is -0.757. The first-order chi connectivity index (χ1) is 21.6. The van der Waals surface area contributed by atoms with E-state index in [1.807, 2.05) is 0 Å². The molecule has 4 aromatic rings. The highest BCUT2D eigenvalue weighted by atomic mass is 15.1. The molecule has 0 aliphatic heterocycles. The number of pyridine rings is 2. The highest BCUT2D eigenvalue weighted by Gasteiger charge is 2.56. The first-order valence-electron chi connectivity index (χ1n) is 15.4. The molecule has 2 aromatic carbocycles. The van der Waals surface area contributed by atoms with Crippen LogP contribution in [-0.2, 0) is 11.1 Å². The zero-order chi connectivity index (χ0) is 29.7. The molecule has 0 radical (unpaired) electrons. The fourth-order valence-electron chi connectivity index (χ4n) is 7.56. The fraction of sp³-hybridized carbons (Fsp3) is 0.150. The minimum atomic E-state index is -0.214. The Kier molecular flexibility index (Phi) is 6.12. The van der Waals surface area contributed by atoms with E-state index >= 15 is 0 Å². The normalized spacial score (nSPS) is 17.8. The number of hydrogen-bond acceptors (Lipinski definition) is 2. The van der Waals surface area contributed by atoms with Crippen LogP contribution >= 0.6 is 0 Å². The summed E-state index contributed by atoms with van der Waals surface area (Å²) in [4.78, 5) is 4.48. The molecule has 0 atom stereocenters. The van der Waals surface area contributed by atoms with Gasteiger partial charge in [-0.3, -0.25) is 0 Å². The summed E-state index contributed by atoms with van der Waals surface area (Å²) in [6.45, 7) is 0. The third-order valence-electron chi connectivity index (χ3n) is 10.1. The topological polar surface area (TPSA) is 14.2 Å². The van der Waals surface area contributed by atoms with Gasteiger partial charge in [-0.2, -0.15) is 9.13 Å². The van der Waals surface area contributed by atoms with Crippen molar-refractivity contribution in [3.05, 3.63) is 181 Å². The highest BCUT2D eigenvalue weighted by molar-refractivity contribution is 5.63. The van der Waals surface area contributed by atoms with Crippen molar-refractivity contribution in [2.45, 2.75) is 23.9 Å². The lowest BCUT2D eigenvalue weighted by atomic mass is 9.77. The SMILES string of the molecule is CN(c1ccccc1)c1cc[n+](C2(CCC3([n+]4ccc(N(C)c5ccccc5)cc4)C4=CC=C3C=C4)C3=CC=C2C=C3)cc1. The molecular formula is C40H36N4+2. The average Bonchev–Trinajstić information content (AvgIpc) is 3.85. The fourth-order valence-corrected chi connectivity index (χ4v) is 7.56. The maximum absolute atomic E-state index is 2.43. The number of nitrogens with zero attached hydrogens (tertiary/aromatic N) is 4. The van der Waals surface area contributed by atoms with Crippen molar-refractivity contribution in [2.24, 2.45) is 0 Å². The molecule has 0 N–H and O–H groups in total. The second-order valence-corrected chi connectivity index (χ2v) is 12.1. The molecule has 0 saturated carbocycles. The number of hydrogen-bond donors (Lipinski definition) is 0. The van der Waals surface area contributed by atoms with E-state index in [1.54, 1.807) is 0 Å². The van der Waals surface area contributed by atoms with Gasteiger partial charge in [0.25, 0.3) is 0 Å².